The third kappa shape index (κ3) is 1.46. The lowest BCUT2D eigenvalue weighted by Crippen LogP contribution is -2.02. The zero-order valence-corrected chi connectivity index (χ0v) is 7.76. The normalized spacial score (nSPS) is 26.1. The van der Waals surface area contributed by atoms with Crippen LogP contribution in [0, 0.1) is 18.7 Å². The van der Waals surface area contributed by atoms with E-state index in [4.69, 9.17) is 5.73 Å². The molecule has 2 atom stereocenters. The minimum Gasteiger partial charge on any atom is -0.330 e. The van der Waals surface area contributed by atoms with Crippen molar-refractivity contribution < 1.29 is 4.39 Å². The monoisotopic (exact) mass is 179 g/mol. The van der Waals surface area contributed by atoms with Gasteiger partial charge in [0.15, 0.2) is 0 Å². The molecule has 1 fully saturated rings. The smallest absolute Gasteiger partial charge is 0.126 e. The molecule has 1 saturated carbocycles. The molecule has 0 unspecified atom stereocenters. The van der Waals surface area contributed by atoms with Gasteiger partial charge in [0.1, 0.15) is 5.82 Å². The summed E-state index contributed by atoms with van der Waals surface area (Å²) in [5.74, 6) is 1.00. The second kappa shape index (κ2) is 3.11. The van der Waals surface area contributed by atoms with Gasteiger partial charge in [-0.15, -0.1) is 0 Å². The summed E-state index contributed by atoms with van der Waals surface area (Å²) in [6.45, 7) is 2.57. The van der Waals surface area contributed by atoms with Crippen LogP contribution in [0.4, 0.5) is 4.39 Å². The fraction of sp³-hybridized carbons (Fsp3) is 0.455. The van der Waals surface area contributed by atoms with E-state index in [1.54, 1.807) is 6.07 Å². The number of nitrogens with two attached hydrogens (primary N) is 1. The third-order valence-corrected chi connectivity index (χ3v) is 2.93. The molecule has 2 N–H and O–H groups in total. The van der Waals surface area contributed by atoms with Crippen LogP contribution in [-0.2, 0) is 0 Å². The maximum atomic E-state index is 13.2. The molecule has 1 aliphatic carbocycles. The Morgan fingerprint density at radius 3 is 2.92 bits per heavy atom. The van der Waals surface area contributed by atoms with Crippen molar-refractivity contribution in [3.05, 3.63) is 35.1 Å². The average molecular weight is 179 g/mol. The third-order valence-electron chi connectivity index (χ3n) is 2.93. The molecule has 0 bridgehead atoms. The molecule has 2 heteroatoms. The second-order valence-corrected chi connectivity index (χ2v) is 3.79. The molecule has 13 heavy (non-hydrogen) atoms. The van der Waals surface area contributed by atoms with E-state index >= 15 is 0 Å². The van der Waals surface area contributed by atoms with Crippen molar-refractivity contribution in [3.8, 4) is 0 Å². The minimum atomic E-state index is -0.0971. The van der Waals surface area contributed by atoms with Crippen LogP contribution < -0.4 is 5.73 Å². The summed E-state index contributed by atoms with van der Waals surface area (Å²) in [6, 6.07) is 5.31. The number of hydrogen-bond donors (Lipinski definition) is 1. The molecule has 1 aliphatic rings. The van der Waals surface area contributed by atoms with Crippen LogP contribution in [0.15, 0.2) is 18.2 Å². The van der Waals surface area contributed by atoms with Gasteiger partial charge in [-0.3, -0.25) is 0 Å². The summed E-state index contributed by atoms with van der Waals surface area (Å²) in [7, 11) is 0. The van der Waals surface area contributed by atoms with E-state index in [2.05, 4.69) is 0 Å². The van der Waals surface area contributed by atoms with E-state index in [0.29, 0.717) is 11.8 Å². The molecule has 1 aromatic carbocycles. The van der Waals surface area contributed by atoms with Crippen LogP contribution in [-0.4, -0.2) is 6.54 Å². The zero-order chi connectivity index (χ0) is 9.42. The highest BCUT2D eigenvalue weighted by Crippen LogP contribution is 2.47. The highest BCUT2D eigenvalue weighted by atomic mass is 19.1. The van der Waals surface area contributed by atoms with Gasteiger partial charge in [-0.1, -0.05) is 12.1 Å². The summed E-state index contributed by atoms with van der Waals surface area (Å²) in [5.41, 5.74) is 7.50. The van der Waals surface area contributed by atoms with Gasteiger partial charge in [-0.25, -0.2) is 4.39 Å². The number of hydrogen-bond acceptors (Lipinski definition) is 1. The fourth-order valence-corrected chi connectivity index (χ4v) is 1.91. The lowest BCUT2D eigenvalue weighted by molar-refractivity contribution is 0.614. The number of halogens is 1. The van der Waals surface area contributed by atoms with Gasteiger partial charge in [-0.2, -0.15) is 0 Å². The molecule has 0 heterocycles. The first-order chi connectivity index (χ1) is 6.24. The summed E-state index contributed by atoms with van der Waals surface area (Å²) in [5, 5.41) is 0. The van der Waals surface area contributed by atoms with Gasteiger partial charge in [0, 0.05) is 0 Å². The molecule has 2 rings (SSSR count). The molecule has 0 spiro atoms. The first kappa shape index (κ1) is 8.70. The number of benzene rings is 1. The zero-order valence-electron chi connectivity index (χ0n) is 7.76. The predicted octanol–water partition coefficient (Wildman–Crippen LogP) is 2.20. The van der Waals surface area contributed by atoms with Gasteiger partial charge in [0.25, 0.3) is 0 Å². The molecule has 0 radical (unpaired) electrons. The Morgan fingerprint density at radius 2 is 2.31 bits per heavy atom. The van der Waals surface area contributed by atoms with Gasteiger partial charge >= 0.3 is 0 Å². The molecule has 1 aromatic rings. The Morgan fingerprint density at radius 1 is 1.54 bits per heavy atom. The number of rotatable bonds is 2. The van der Waals surface area contributed by atoms with Crippen molar-refractivity contribution in [2.24, 2.45) is 11.7 Å². The van der Waals surface area contributed by atoms with Crippen LogP contribution in [0.1, 0.15) is 23.5 Å². The standard InChI is InChI=1S/C11H14FN/c1-7-9(3-2-4-11(7)12)10-5-8(10)6-13/h2-4,8,10H,5-6,13H2,1H3/t8-,10-/m0/s1. The Hall–Kier alpha value is -0.890. The highest BCUT2D eigenvalue weighted by Gasteiger charge is 2.37. The van der Waals surface area contributed by atoms with E-state index in [0.717, 1.165) is 24.1 Å². The summed E-state index contributed by atoms with van der Waals surface area (Å²) in [4.78, 5) is 0. The molecular weight excluding hydrogens is 165 g/mol. The van der Waals surface area contributed by atoms with Gasteiger partial charge in [-0.05, 0) is 48.9 Å². The SMILES string of the molecule is Cc1c(F)cccc1[C@H]1C[C@H]1CN. The Kier molecular flexibility index (Phi) is 2.08. The van der Waals surface area contributed by atoms with Gasteiger partial charge in [0.2, 0.25) is 0 Å². The maximum absolute atomic E-state index is 13.2. The van der Waals surface area contributed by atoms with Gasteiger partial charge in [0.05, 0.1) is 0 Å². The van der Waals surface area contributed by atoms with Crippen LogP contribution in [0.3, 0.4) is 0 Å². The lowest BCUT2D eigenvalue weighted by Gasteiger charge is -2.04. The molecule has 0 amide bonds. The van der Waals surface area contributed by atoms with E-state index in [9.17, 15) is 4.39 Å². The van der Waals surface area contributed by atoms with Crippen LogP contribution in [0.5, 0.6) is 0 Å². The summed E-state index contributed by atoms with van der Waals surface area (Å²) < 4.78 is 13.2. The minimum absolute atomic E-state index is 0.0971. The van der Waals surface area contributed by atoms with Crippen molar-refractivity contribution >= 4 is 0 Å². The Balaban J connectivity index is 2.27. The van der Waals surface area contributed by atoms with Crippen LogP contribution in [0.2, 0.25) is 0 Å². The van der Waals surface area contributed by atoms with Crippen molar-refractivity contribution in [2.45, 2.75) is 19.3 Å². The van der Waals surface area contributed by atoms with Crippen molar-refractivity contribution in [1.82, 2.24) is 0 Å². The molecule has 0 saturated heterocycles. The molecule has 1 nitrogen and oxygen atoms in total. The Bertz CT molecular complexity index is 322. The molecule has 0 aromatic heterocycles. The van der Waals surface area contributed by atoms with E-state index in [1.165, 1.54) is 6.07 Å². The van der Waals surface area contributed by atoms with E-state index in [-0.39, 0.29) is 5.82 Å². The maximum Gasteiger partial charge on any atom is 0.126 e. The van der Waals surface area contributed by atoms with E-state index < -0.39 is 0 Å². The second-order valence-electron chi connectivity index (χ2n) is 3.79. The molecular formula is C11H14FN. The first-order valence-electron chi connectivity index (χ1n) is 4.69. The van der Waals surface area contributed by atoms with Gasteiger partial charge < -0.3 is 5.73 Å². The quantitative estimate of drug-likeness (QED) is 0.740. The van der Waals surface area contributed by atoms with Crippen LogP contribution in [0.25, 0.3) is 0 Å². The summed E-state index contributed by atoms with van der Waals surface area (Å²) in [6.07, 6.45) is 1.13. The first-order valence-corrected chi connectivity index (χ1v) is 4.69. The van der Waals surface area contributed by atoms with Crippen molar-refractivity contribution in [1.29, 1.82) is 0 Å². The average Bonchev–Trinajstić information content (AvgIpc) is 2.89. The molecule has 70 valence electrons. The van der Waals surface area contributed by atoms with Crippen molar-refractivity contribution in [3.63, 3.8) is 0 Å². The largest absolute Gasteiger partial charge is 0.330 e. The molecule has 0 aliphatic heterocycles. The summed E-state index contributed by atoms with van der Waals surface area (Å²) >= 11 is 0. The lowest BCUT2D eigenvalue weighted by atomic mass is 10.0. The highest BCUT2D eigenvalue weighted by molar-refractivity contribution is 5.34. The fourth-order valence-electron chi connectivity index (χ4n) is 1.91. The van der Waals surface area contributed by atoms with Crippen LogP contribution >= 0.6 is 0 Å². The Labute approximate surface area is 77.8 Å². The topological polar surface area (TPSA) is 26.0 Å². The van der Waals surface area contributed by atoms with E-state index in [1.807, 2.05) is 13.0 Å². The predicted molar refractivity (Wildman–Crippen MR) is 51.0 cm³/mol. The van der Waals surface area contributed by atoms with Crippen molar-refractivity contribution in [2.75, 3.05) is 6.54 Å².